The molecule has 0 fully saturated rings. The number of nitrogens with zero attached hydrogens (tertiary/aromatic N) is 1. The minimum atomic E-state index is -0.679. The first-order valence-electron chi connectivity index (χ1n) is 6.74. The maximum absolute atomic E-state index is 9.77. The predicted molar refractivity (Wildman–Crippen MR) is 79.1 cm³/mol. The van der Waals surface area contributed by atoms with E-state index in [0.717, 1.165) is 5.56 Å². The van der Waals surface area contributed by atoms with E-state index >= 15 is 0 Å². The monoisotopic (exact) mass is 283 g/mol. The Balaban J connectivity index is 2.27. The maximum atomic E-state index is 9.77. The van der Waals surface area contributed by atoms with E-state index in [1.54, 1.807) is 37.3 Å². The lowest BCUT2D eigenvalue weighted by atomic mass is 10.1. The van der Waals surface area contributed by atoms with Gasteiger partial charge in [-0.05, 0) is 43.2 Å². The van der Waals surface area contributed by atoms with Gasteiger partial charge in [0.25, 0.3) is 0 Å². The molecule has 1 atom stereocenters. The van der Waals surface area contributed by atoms with Crippen molar-refractivity contribution in [3.8, 4) is 17.6 Å². The minimum absolute atomic E-state index is 0.108. The molecular formula is C17H17NO3. The molecule has 0 saturated heterocycles. The number of benzene rings is 2. The molecule has 2 N–H and O–H groups in total. The van der Waals surface area contributed by atoms with Crippen LogP contribution < -0.4 is 4.74 Å². The van der Waals surface area contributed by atoms with Gasteiger partial charge >= 0.3 is 0 Å². The van der Waals surface area contributed by atoms with E-state index in [4.69, 9.17) is 15.1 Å². The number of ether oxygens (including phenoxy) is 1. The smallest absolute Gasteiger partial charge is 0.134 e. The molecule has 0 spiro atoms. The first kappa shape index (κ1) is 15.0. The van der Waals surface area contributed by atoms with Gasteiger partial charge < -0.3 is 14.9 Å². The Morgan fingerprint density at radius 1 is 1.19 bits per heavy atom. The van der Waals surface area contributed by atoms with Crippen LogP contribution in [0, 0.1) is 11.3 Å². The van der Waals surface area contributed by atoms with Crippen molar-refractivity contribution < 1.29 is 14.9 Å². The molecule has 0 aliphatic heterocycles. The molecule has 2 aromatic carbocycles. The first-order valence-corrected chi connectivity index (χ1v) is 6.74. The summed E-state index contributed by atoms with van der Waals surface area (Å²) in [4.78, 5) is 0. The molecule has 2 aromatic rings. The zero-order valence-electron chi connectivity index (χ0n) is 11.8. The van der Waals surface area contributed by atoms with Crippen molar-refractivity contribution in [1.82, 2.24) is 0 Å². The molecule has 0 unspecified atom stereocenters. The average Bonchev–Trinajstić information content (AvgIpc) is 2.49. The summed E-state index contributed by atoms with van der Waals surface area (Å²) in [7, 11) is 0. The zero-order chi connectivity index (χ0) is 15.2. The fourth-order valence-electron chi connectivity index (χ4n) is 2.02. The van der Waals surface area contributed by atoms with E-state index in [9.17, 15) is 5.11 Å². The molecule has 0 saturated carbocycles. The highest BCUT2D eigenvalue weighted by atomic mass is 16.5. The summed E-state index contributed by atoms with van der Waals surface area (Å²) in [6.07, 6.45) is -0.0789. The summed E-state index contributed by atoms with van der Waals surface area (Å²) in [5.74, 6) is 1.09. The van der Waals surface area contributed by atoms with Crippen LogP contribution in [0.25, 0.3) is 0 Å². The van der Waals surface area contributed by atoms with Gasteiger partial charge in [0, 0.05) is 12.2 Å². The van der Waals surface area contributed by atoms with Gasteiger partial charge in [-0.1, -0.05) is 18.2 Å². The second-order valence-corrected chi connectivity index (χ2v) is 4.76. The summed E-state index contributed by atoms with van der Waals surface area (Å²) in [6.45, 7) is 1.76. The van der Waals surface area contributed by atoms with Crippen molar-refractivity contribution in [2.24, 2.45) is 0 Å². The van der Waals surface area contributed by atoms with Gasteiger partial charge in [-0.25, -0.2) is 0 Å². The number of rotatable bonds is 5. The Labute approximate surface area is 123 Å². The minimum Gasteiger partial charge on any atom is -0.457 e. The number of aliphatic hydroxyl groups excluding tert-OH is 2. The Hall–Kier alpha value is -2.35. The molecule has 0 amide bonds. The van der Waals surface area contributed by atoms with Crippen LogP contribution in [0.3, 0.4) is 0 Å². The van der Waals surface area contributed by atoms with Crippen molar-refractivity contribution in [3.63, 3.8) is 0 Å². The molecule has 0 aliphatic rings. The van der Waals surface area contributed by atoms with Crippen LogP contribution in [0.1, 0.15) is 29.7 Å². The quantitative estimate of drug-likeness (QED) is 0.884. The van der Waals surface area contributed by atoms with Crippen molar-refractivity contribution in [1.29, 1.82) is 5.26 Å². The molecule has 108 valence electrons. The topological polar surface area (TPSA) is 73.5 Å². The van der Waals surface area contributed by atoms with Gasteiger partial charge in [0.2, 0.25) is 0 Å². The van der Waals surface area contributed by atoms with Gasteiger partial charge in [0.1, 0.15) is 11.5 Å². The Bertz CT molecular complexity index is 642. The van der Waals surface area contributed by atoms with Crippen LogP contribution in [0.2, 0.25) is 0 Å². The van der Waals surface area contributed by atoms with Crippen LogP contribution in [-0.2, 0) is 6.42 Å². The molecule has 0 bridgehead atoms. The van der Waals surface area contributed by atoms with E-state index in [2.05, 4.69) is 6.07 Å². The van der Waals surface area contributed by atoms with Crippen molar-refractivity contribution in [2.45, 2.75) is 19.4 Å². The lowest BCUT2D eigenvalue weighted by Crippen LogP contribution is -1.97. The van der Waals surface area contributed by atoms with Gasteiger partial charge in [-0.2, -0.15) is 5.26 Å². The molecule has 4 nitrogen and oxygen atoms in total. The summed E-state index contributed by atoms with van der Waals surface area (Å²) in [6, 6.07) is 14.4. The van der Waals surface area contributed by atoms with E-state index < -0.39 is 6.10 Å². The summed E-state index contributed by atoms with van der Waals surface area (Å²) >= 11 is 0. The molecule has 2 rings (SSSR count). The van der Waals surface area contributed by atoms with E-state index in [1.807, 2.05) is 12.1 Å². The third-order valence-electron chi connectivity index (χ3n) is 3.14. The second kappa shape index (κ2) is 6.89. The first-order chi connectivity index (χ1) is 10.1. The molecule has 0 heterocycles. The third kappa shape index (κ3) is 3.82. The third-order valence-corrected chi connectivity index (χ3v) is 3.14. The average molecular weight is 283 g/mol. The van der Waals surface area contributed by atoms with Crippen LogP contribution in [0.4, 0.5) is 0 Å². The Morgan fingerprint density at radius 2 is 1.90 bits per heavy atom. The fourth-order valence-corrected chi connectivity index (χ4v) is 2.02. The maximum Gasteiger partial charge on any atom is 0.134 e. The summed E-state index contributed by atoms with van der Waals surface area (Å²) in [5.41, 5.74) is 2.13. The molecule has 0 aromatic heterocycles. The predicted octanol–water partition coefficient (Wildman–Crippen LogP) is 2.94. The largest absolute Gasteiger partial charge is 0.457 e. The number of hydrogen-bond acceptors (Lipinski definition) is 4. The van der Waals surface area contributed by atoms with E-state index in [-0.39, 0.29) is 6.61 Å². The molecule has 0 aliphatic carbocycles. The van der Waals surface area contributed by atoms with Gasteiger partial charge in [0.15, 0.2) is 0 Å². The van der Waals surface area contributed by atoms with E-state index in [1.165, 1.54) is 0 Å². The summed E-state index contributed by atoms with van der Waals surface area (Å²) in [5, 5.41) is 27.6. The molecule has 21 heavy (non-hydrogen) atoms. The van der Waals surface area contributed by atoms with Crippen LogP contribution in [-0.4, -0.2) is 16.8 Å². The lowest BCUT2D eigenvalue weighted by molar-refractivity contribution is 0.195. The number of aliphatic hydroxyl groups is 2. The van der Waals surface area contributed by atoms with Crippen molar-refractivity contribution in [2.75, 3.05) is 6.61 Å². The highest BCUT2D eigenvalue weighted by molar-refractivity contribution is 5.45. The molecule has 4 heteroatoms. The molecular weight excluding hydrogens is 266 g/mol. The van der Waals surface area contributed by atoms with Crippen LogP contribution >= 0.6 is 0 Å². The highest BCUT2D eigenvalue weighted by Gasteiger charge is 2.11. The lowest BCUT2D eigenvalue weighted by Gasteiger charge is -2.13. The van der Waals surface area contributed by atoms with Crippen LogP contribution in [0.15, 0.2) is 42.5 Å². The van der Waals surface area contributed by atoms with Gasteiger partial charge in [-0.15, -0.1) is 0 Å². The molecule has 0 radical (unpaired) electrons. The van der Waals surface area contributed by atoms with Crippen molar-refractivity contribution in [3.05, 3.63) is 59.2 Å². The normalized spacial score (nSPS) is 11.7. The fraction of sp³-hybridized carbons (Fsp3) is 0.235. The number of hydrogen-bond donors (Lipinski definition) is 2. The van der Waals surface area contributed by atoms with E-state index in [0.29, 0.717) is 29.0 Å². The standard InChI is InChI=1S/C17H17NO3/c1-12(20)16-7-4-14(11-18)10-17(16)21-15-5-2-13(3-6-15)8-9-19/h2-7,10,12,19-20H,8-9H2,1H3/t12-/m0/s1. The highest BCUT2D eigenvalue weighted by Crippen LogP contribution is 2.30. The zero-order valence-corrected chi connectivity index (χ0v) is 11.8. The summed E-state index contributed by atoms with van der Waals surface area (Å²) < 4.78 is 5.77. The van der Waals surface area contributed by atoms with Crippen molar-refractivity contribution >= 4 is 0 Å². The number of nitriles is 1. The Morgan fingerprint density at radius 3 is 2.48 bits per heavy atom. The SMILES string of the molecule is C[C@H](O)c1ccc(C#N)cc1Oc1ccc(CCO)cc1. The van der Waals surface area contributed by atoms with Crippen LogP contribution in [0.5, 0.6) is 11.5 Å². The van der Waals surface area contributed by atoms with Gasteiger partial charge in [-0.3, -0.25) is 0 Å². The van der Waals surface area contributed by atoms with Gasteiger partial charge in [0.05, 0.1) is 17.7 Å². The Kier molecular flexibility index (Phi) is 4.94. The second-order valence-electron chi connectivity index (χ2n) is 4.76.